The second-order valence-electron chi connectivity index (χ2n) is 5.48. The SMILES string of the molecule is CCCCCCCN(CCCO)C(=O)C(C)(N)C(F)(F)F. The molecule has 0 aromatic heterocycles. The Labute approximate surface area is 124 Å². The Balaban J connectivity index is 4.62. The van der Waals surface area contributed by atoms with Crippen molar-refractivity contribution in [1.29, 1.82) is 0 Å². The standard InChI is InChI=1S/C14H27F3N2O2/c1-3-4-5-6-7-9-19(10-8-11-20)12(21)13(2,18)14(15,16)17/h20H,3-11,18H2,1-2H3. The van der Waals surface area contributed by atoms with E-state index in [-0.39, 0.29) is 26.1 Å². The van der Waals surface area contributed by atoms with E-state index in [0.29, 0.717) is 13.3 Å². The molecule has 0 saturated carbocycles. The van der Waals surface area contributed by atoms with Crippen LogP contribution in [0.1, 0.15) is 52.4 Å². The molecule has 1 unspecified atom stereocenters. The topological polar surface area (TPSA) is 66.6 Å². The van der Waals surface area contributed by atoms with Crippen LogP contribution in [0.15, 0.2) is 0 Å². The normalized spacial score (nSPS) is 14.8. The van der Waals surface area contributed by atoms with Crippen molar-refractivity contribution < 1.29 is 23.1 Å². The number of halogens is 3. The van der Waals surface area contributed by atoms with Gasteiger partial charge in [0, 0.05) is 19.7 Å². The molecule has 0 bridgehead atoms. The Morgan fingerprint density at radius 2 is 1.62 bits per heavy atom. The van der Waals surface area contributed by atoms with Gasteiger partial charge in [-0.3, -0.25) is 4.79 Å². The van der Waals surface area contributed by atoms with Gasteiger partial charge in [0.1, 0.15) is 0 Å². The summed E-state index contributed by atoms with van der Waals surface area (Å²) in [6, 6.07) is 0. The molecule has 0 aromatic carbocycles. The summed E-state index contributed by atoms with van der Waals surface area (Å²) in [4.78, 5) is 13.2. The minimum absolute atomic E-state index is 0.0893. The van der Waals surface area contributed by atoms with Crippen molar-refractivity contribution in [3.63, 3.8) is 0 Å². The van der Waals surface area contributed by atoms with Crippen molar-refractivity contribution in [2.75, 3.05) is 19.7 Å². The molecule has 0 aromatic rings. The maximum atomic E-state index is 12.8. The second kappa shape index (κ2) is 9.25. The van der Waals surface area contributed by atoms with Gasteiger partial charge in [-0.2, -0.15) is 13.2 Å². The van der Waals surface area contributed by atoms with Crippen LogP contribution in [0, 0.1) is 0 Å². The zero-order chi connectivity index (χ0) is 16.5. The summed E-state index contributed by atoms with van der Waals surface area (Å²) < 4.78 is 38.5. The van der Waals surface area contributed by atoms with Gasteiger partial charge in [-0.05, 0) is 19.8 Å². The van der Waals surface area contributed by atoms with E-state index in [0.717, 1.165) is 30.6 Å². The number of nitrogens with zero attached hydrogens (tertiary/aromatic N) is 1. The Hall–Kier alpha value is -0.820. The molecule has 126 valence electrons. The molecule has 1 amide bonds. The molecule has 4 nitrogen and oxygen atoms in total. The summed E-state index contributed by atoms with van der Waals surface area (Å²) in [7, 11) is 0. The number of rotatable bonds is 10. The fraction of sp³-hybridized carbons (Fsp3) is 0.929. The lowest BCUT2D eigenvalue weighted by molar-refractivity contribution is -0.193. The highest BCUT2D eigenvalue weighted by Gasteiger charge is 2.55. The second-order valence-corrected chi connectivity index (χ2v) is 5.48. The van der Waals surface area contributed by atoms with E-state index in [1.165, 1.54) is 0 Å². The maximum absolute atomic E-state index is 12.8. The predicted molar refractivity (Wildman–Crippen MR) is 75.7 cm³/mol. The number of carbonyl (C=O) groups is 1. The van der Waals surface area contributed by atoms with Crippen LogP contribution in [-0.4, -0.2) is 47.3 Å². The van der Waals surface area contributed by atoms with Crippen molar-refractivity contribution in [1.82, 2.24) is 4.90 Å². The van der Waals surface area contributed by atoms with Crippen molar-refractivity contribution in [2.45, 2.75) is 64.1 Å². The van der Waals surface area contributed by atoms with Crippen LogP contribution in [0.3, 0.4) is 0 Å². The van der Waals surface area contributed by atoms with E-state index in [2.05, 4.69) is 6.92 Å². The molecule has 0 saturated heterocycles. The molecule has 21 heavy (non-hydrogen) atoms. The molecule has 0 aliphatic rings. The molecule has 0 aliphatic carbocycles. The van der Waals surface area contributed by atoms with Gasteiger partial charge in [0.05, 0.1) is 0 Å². The van der Waals surface area contributed by atoms with E-state index in [1.807, 2.05) is 0 Å². The van der Waals surface area contributed by atoms with E-state index in [1.54, 1.807) is 0 Å². The highest BCUT2D eigenvalue weighted by Crippen LogP contribution is 2.29. The van der Waals surface area contributed by atoms with Gasteiger partial charge in [0.2, 0.25) is 0 Å². The van der Waals surface area contributed by atoms with Crippen molar-refractivity contribution in [3.8, 4) is 0 Å². The molecule has 0 heterocycles. The van der Waals surface area contributed by atoms with Gasteiger partial charge < -0.3 is 15.7 Å². The van der Waals surface area contributed by atoms with Crippen LogP contribution in [0.25, 0.3) is 0 Å². The Bertz CT molecular complexity index is 307. The van der Waals surface area contributed by atoms with Crippen LogP contribution < -0.4 is 5.73 Å². The number of unbranched alkanes of at least 4 members (excludes halogenated alkanes) is 4. The highest BCUT2D eigenvalue weighted by atomic mass is 19.4. The first kappa shape index (κ1) is 20.2. The van der Waals surface area contributed by atoms with Gasteiger partial charge in [-0.25, -0.2) is 0 Å². The third kappa shape index (κ3) is 6.65. The van der Waals surface area contributed by atoms with Gasteiger partial charge in [-0.1, -0.05) is 32.6 Å². The first-order chi connectivity index (χ1) is 9.68. The molecule has 1 atom stereocenters. The predicted octanol–water partition coefficient (Wildman–Crippen LogP) is 2.45. The van der Waals surface area contributed by atoms with E-state index in [4.69, 9.17) is 10.8 Å². The molecule has 0 spiro atoms. The third-order valence-corrected chi connectivity index (χ3v) is 3.44. The number of aliphatic hydroxyl groups excluding tert-OH is 1. The number of alkyl halides is 3. The minimum atomic E-state index is -4.79. The molecule has 0 rings (SSSR count). The van der Waals surface area contributed by atoms with E-state index in [9.17, 15) is 18.0 Å². The Morgan fingerprint density at radius 3 is 2.10 bits per heavy atom. The number of aliphatic hydroxyl groups is 1. The third-order valence-electron chi connectivity index (χ3n) is 3.44. The average Bonchev–Trinajstić information content (AvgIpc) is 2.39. The highest BCUT2D eigenvalue weighted by molar-refractivity contribution is 5.86. The monoisotopic (exact) mass is 312 g/mol. The zero-order valence-electron chi connectivity index (χ0n) is 12.9. The smallest absolute Gasteiger partial charge is 0.396 e. The van der Waals surface area contributed by atoms with Gasteiger partial charge >= 0.3 is 6.18 Å². The lowest BCUT2D eigenvalue weighted by Crippen LogP contribution is -2.62. The maximum Gasteiger partial charge on any atom is 0.415 e. The summed E-state index contributed by atoms with van der Waals surface area (Å²) in [5.74, 6) is -1.13. The van der Waals surface area contributed by atoms with E-state index < -0.39 is 17.6 Å². The van der Waals surface area contributed by atoms with E-state index >= 15 is 0 Å². The summed E-state index contributed by atoms with van der Waals surface area (Å²) in [5.41, 5.74) is 2.30. The largest absolute Gasteiger partial charge is 0.415 e. The van der Waals surface area contributed by atoms with Gasteiger partial charge in [0.15, 0.2) is 5.54 Å². The first-order valence-corrected chi connectivity index (χ1v) is 7.44. The van der Waals surface area contributed by atoms with Crippen LogP contribution in [0.2, 0.25) is 0 Å². The Kier molecular flexibility index (Phi) is 8.89. The quantitative estimate of drug-likeness (QED) is 0.609. The number of amides is 1. The average molecular weight is 312 g/mol. The fourth-order valence-corrected chi connectivity index (χ4v) is 1.93. The number of nitrogens with two attached hydrogens (primary N) is 1. The van der Waals surface area contributed by atoms with Gasteiger partial charge in [0.25, 0.3) is 5.91 Å². The molecular formula is C14H27F3N2O2. The van der Waals surface area contributed by atoms with Crippen LogP contribution >= 0.6 is 0 Å². The summed E-state index contributed by atoms with van der Waals surface area (Å²) in [6.07, 6.45) is 0.106. The fourth-order valence-electron chi connectivity index (χ4n) is 1.93. The lowest BCUT2D eigenvalue weighted by atomic mass is 10.0. The number of hydrogen-bond acceptors (Lipinski definition) is 3. The summed E-state index contributed by atoms with van der Waals surface area (Å²) in [6.45, 7) is 2.92. The number of hydrogen-bond donors (Lipinski definition) is 2. The van der Waals surface area contributed by atoms with Gasteiger partial charge in [-0.15, -0.1) is 0 Å². The van der Waals surface area contributed by atoms with Crippen molar-refractivity contribution in [3.05, 3.63) is 0 Å². The van der Waals surface area contributed by atoms with Crippen LogP contribution in [0.4, 0.5) is 13.2 Å². The lowest BCUT2D eigenvalue weighted by Gasteiger charge is -2.33. The molecule has 3 N–H and O–H groups in total. The molecule has 0 radical (unpaired) electrons. The first-order valence-electron chi connectivity index (χ1n) is 7.44. The Morgan fingerprint density at radius 1 is 1.10 bits per heavy atom. The molecule has 0 fully saturated rings. The van der Waals surface area contributed by atoms with Crippen molar-refractivity contribution >= 4 is 5.91 Å². The zero-order valence-corrected chi connectivity index (χ0v) is 12.9. The van der Waals surface area contributed by atoms with Crippen molar-refractivity contribution in [2.24, 2.45) is 5.73 Å². The van der Waals surface area contributed by atoms with Crippen LogP contribution in [-0.2, 0) is 4.79 Å². The number of carbonyl (C=O) groups excluding carboxylic acids is 1. The molecular weight excluding hydrogens is 285 g/mol. The van der Waals surface area contributed by atoms with Crippen LogP contribution in [0.5, 0.6) is 0 Å². The molecule has 0 aliphatic heterocycles. The minimum Gasteiger partial charge on any atom is -0.396 e. The molecule has 7 heteroatoms. The summed E-state index contributed by atoms with van der Waals surface area (Å²) >= 11 is 0. The summed E-state index contributed by atoms with van der Waals surface area (Å²) in [5, 5.41) is 8.81.